The van der Waals surface area contributed by atoms with E-state index < -0.39 is 0 Å². The molecule has 1 aromatic carbocycles. The van der Waals surface area contributed by atoms with E-state index in [1.165, 1.54) is 11.0 Å². The first-order valence-corrected chi connectivity index (χ1v) is 4.61. The number of hydrogen-bond acceptors (Lipinski definition) is 4. The second-order valence-electron chi connectivity index (χ2n) is 2.99. The molecule has 0 radical (unpaired) electrons. The number of aryl methyl sites for hydroxylation is 1. The van der Waals surface area contributed by atoms with Crippen LogP contribution in [0.5, 0.6) is 11.8 Å². The lowest BCUT2D eigenvalue weighted by Gasteiger charge is -2.04. The van der Waals surface area contributed by atoms with Crippen LogP contribution in [0.25, 0.3) is 0 Å². The Morgan fingerprint density at radius 2 is 2.27 bits per heavy atom. The SMILES string of the molecule is Cn1cnc(Oc2cc(Cl)ccc2N)n1. The Balaban J connectivity index is 2.27. The predicted octanol–water partition coefficient (Wildman–Crippen LogP) is 1.84. The summed E-state index contributed by atoms with van der Waals surface area (Å²) < 4.78 is 6.90. The van der Waals surface area contributed by atoms with E-state index in [4.69, 9.17) is 22.1 Å². The van der Waals surface area contributed by atoms with E-state index in [2.05, 4.69) is 10.1 Å². The second kappa shape index (κ2) is 3.78. The quantitative estimate of drug-likeness (QED) is 0.791. The molecule has 0 aliphatic rings. The van der Waals surface area contributed by atoms with Crippen LogP contribution < -0.4 is 10.5 Å². The first kappa shape index (κ1) is 9.79. The molecule has 0 atom stereocenters. The molecule has 0 fully saturated rings. The summed E-state index contributed by atoms with van der Waals surface area (Å²) in [5.41, 5.74) is 6.19. The fourth-order valence-electron chi connectivity index (χ4n) is 1.06. The molecule has 78 valence electrons. The van der Waals surface area contributed by atoms with Gasteiger partial charge in [-0.05, 0) is 12.1 Å². The van der Waals surface area contributed by atoms with Gasteiger partial charge in [-0.25, -0.2) is 0 Å². The summed E-state index contributed by atoms with van der Waals surface area (Å²) in [4.78, 5) is 3.91. The highest BCUT2D eigenvalue weighted by molar-refractivity contribution is 6.30. The molecule has 15 heavy (non-hydrogen) atoms. The monoisotopic (exact) mass is 224 g/mol. The van der Waals surface area contributed by atoms with Gasteiger partial charge in [0.2, 0.25) is 0 Å². The minimum absolute atomic E-state index is 0.242. The maximum Gasteiger partial charge on any atom is 0.341 e. The number of anilines is 1. The van der Waals surface area contributed by atoms with Crippen molar-refractivity contribution in [3.05, 3.63) is 29.5 Å². The maximum absolute atomic E-state index is 5.81. The van der Waals surface area contributed by atoms with Crippen LogP contribution >= 0.6 is 11.6 Å². The molecule has 0 bridgehead atoms. The zero-order valence-corrected chi connectivity index (χ0v) is 8.77. The molecule has 0 aliphatic heterocycles. The van der Waals surface area contributed by atoms with Gasteiger partial charge >= 0.3 is 6.01 Å². The highest BCUT2D eigenvalue weighted by Gasteiger charge is 2.06. The van der Waals surface area contributed by atoms with E-state index in [0.717, 1.165) is 0 Å². The van der Waals surface area contributed by atoms with Crippen LogP contribution in [0.15, 0.2) is 24.5 Å². The molecule has 6 heteroatoms. The fourth-order valence-corrected chi connectivity index (χ4v) is 1.22. The Hall–Kier alpha value is -1.75. The third-order valence-corrected chi connectivity index (χ3v) is 1.99. The lowest BCUT2D eigenvalue weighted by Crippen LogP contribution is -1.94. The second-order valence-corrected chi connectivity index (χ2v) is 3.42. The normalized spacial score (nSPS) is 10.3. The van der Waals surface area contributed by atoms with Gasteiger partial charge in [-0.3, -0.25) is 4.68 Å². The van der Waals surface area contributed by atoms with Crippen molar-refractivity contribution in [3.63, 3.8) is 0 Å². The number of nitrogens with zero attached hydrogens (tertiary/aromatic N) is 3. The van der Waals surface area contributed by atoms with Crippen molar-refractivity contribution in [1.29, 1.82) is 0 Å². The van der Waals surface area contributed by atoms with E-state index in [-0.39, 0.29) is 6.01 Å². The van der Waals surface area contributed by atoms with E-state index in [9.17, 15) is 0 Å². The maximum atomic E-state index is 5.81. The minimum atomic E-state index is 0.242. The van der Waals surface area contributed by atoms with Crippen LogP contribution in [-0.4, -0.2) is 14.8 Å². The first-order chi connectivity index (χ1) is 7.15. The molecule has 2 N–H and O–H groups in total. The average molecular weight is 225 g/mol. The molecule has 0 spiro atoms. The molecule has 0 aliphatic carbocycles. The molecule has 0 saturated heterocycles. The zero-order valence-electron chi connectivity index (χ0n) is 8.01. The number of ether oxygens (including phenoxy) is 1. The van der Waals surface area contributed by atoms with Gasteiger partial charge < -0.3 is 10.5 Å². The van der Waals surface area contributed by atoms with Crippen molar-refractivity contribution in [3.8, 4) is 11.8 Å². The first-order valence-electron chi connectivity index (χ1n) is 4.23. The number of benzene rings is 1. The van der Waals surface area contributed by atoms with Crippen LogP contribution in [0.2, 0.25) is 5.02 Å². The number of aromatic nitrogens is 3. The summed E-state index contributed by atoms with van der Waals surface area (Å²) in [5, 5.41) is 4.51. The van der Waals surface area contributed by atoms with Gasteiger partial charge in [0.25, 0.3) is 0 Å². The summed E-state index contributed by atoms with van der Waals surface area (Å²) in [6.45, 7) is 0. The summed E-state index contributed by atoms with van der Waals surface area (Å²) in [5.74, 6) is 0.453. The molecular formula is C9H9ClN4O. The third-order valence-electron chi connectivity index (χ3n) is 1.76. The highest BCUT2D eigenvalue weighted by atomic mass is 35.5. The van der Waals surface area contributed by atoms with Gasteiger partial charge in [-0.1, -0.05) is 11.6 Å². The number of rotatable bonds is 2. The largest absolute Gasteiger partial charge is 0.421 e. The Morgan fingerprint density at radius 3 is 2.93 bits per heavy atom. The van der Waals surface area contributed by atoms with Gasteiger partial charge in [-0.2, -0.15) is 4.98 Å². The molecule has 5 nitrogen and oxygen atoms in total. The van der Waals surface area contributed by atoms with E-state index in [1.54, 1.807) is 25.2 Å². The van der Waals surface area contributed by atoms with Crippen molar-refractivity contribution in [1.82, 2.24) is 14.8 Å². The van der Waals surface area contributed by atoms with Crippen LogP contribution in [0.4, 0.5) is 5.69 Å². The zero-order chi connectivity index (χ0) is 10.8. The summed E-state index contributed by atoms with van der Waals surface area (Å²) in [7, 11) is 1.75. The van der Waals surface area contributed by atoms with E-state index >= 15 is 0 Å². The standard InChI is InChI=1S/C9H9ClN4O/c1-14-5-12-9(13-14)15-8-4-6(10)2-3-7(8)11/h2-5H,11H2,1H3. The lowest BCUT2D eigenvalue weighted by atomic mass is 10.3. The summed E-state index contributed by atoms with van der Waals surface area (Å²) in [6, 6.07) is 5.22. The highest BCUT2D eigenvalue weighted by Crippen LogP contribution is 2.28. The molecule has 1 heterocycles. The van der Waals surface area contributed by atoms with Gasteiger partial charge in [0, 0.05) is 18.1 Å². The lowest BCUT2D eigenvalue weighted by molar-refractivity contribution is 0.441. The molecule has 0 unspecified atom stereocenters. The minimum Gasteiger partial charge on any atom is -0.421 e. The number of nitrogen functional groups attached to an aromatic ring is 1. The van der Waals surface area contributed by atoms with E-state index in [1.807, 2.05) is 0 Å². The van der Waals surface area contributed by atoms with Gasteiger partial charge in [0.15, 0.2) is 5.75 Å². The predicted molar refractivity (Wildman–Crippen MR) is 56.9 cm³/mol. The number of halogens is 1. The van der Waals surface area contributed by atoms with Crippen molar-refractivity contribution in [2.45, 2.75) is 0 Å². The van der Waals surface area contributed by atoms with E-state index in [0.29, 0.717) is 16.5 Å². The summed E-state index contributed by atoms with van der Waals surface area (Å²) in [6.07, 6.45) is 1.54. The number of hydrogen-bond donors (Lipinski definition) is 1. The average Bonchev–Trinajstić information content (AvgIpc) is 2.58. The van der Waals surface area contributed by atoms with Crippen molar-refractivity contribution >= 4 is 17.3 Å². The summed E-state index contributed by atoms with van der Waals surface area (Å²) >= 11 is 5.81. The van der Waals surface area contributed by atoms with Crippen LogP contribution in [0.1, 0.15) is 0 Å². The molecule has 0 saturated carbocycles. The topological polar surface area (TPSA) is 66.0 Å². The fraction of sp³-hybridized carbons (Fsp3) is 0.111. The Kier molecular flexibility index (Phi) is 2.47. The van der Waals surface area contributed by atoms with Crippen molar-refractivity contribution in [2.75, 3.05) is 5.73 Å². The van der Waals surface area contributed by atoms with Gasteiger partial charge in [-0.15, -0.1) is 5.10 Å². The van der Waals surface area contributed by atoms with Crippen LogP contribution in [0.3, 0.4) is 0 Å². The molecule has 2 rings (SSSR count). The van der Waals surface area contributed by atoms with Crippen molar-refractivity contribution in [2.24, 2.45) is 7.05 Å². The van der Waals surface area contributed by atoms with Crippen LogP contribution in [0, 0.1) is 0 Å². The Labute approximate surface area is 91.4 Å². The Morgan fingerprint density at radius 1 is 1.47 bits per heavy atom. The smallest absolute Gasteiger partial charge is 0.341 e. The number of nitrogens with two attached hydrogens (primary N) is 1. The van der Waals surface area contributed by atoms with Crippen molar-refractivity contribution < 1.29 is 4.74 Å². The Bertz CT molecular complexity index is 483. The third kappa shape index (κ3) is 2.19. The molecular weight excluding hydrogens is 216 g/mol. The molecule has 0 amide bonds. The molecule has 1 aromatic heterocycles. The van der Waals surface area contributed by atoms with Crippen LogP contribution in [-0.2, 0) is 7.05 Å². The van der Waals surface area contributed by atoms with Gasteiger partial charge in [0.05, 0.1) is 5.69 Å². The van der Waals surface area contributed by atoms with Gasteiger partial charge in [0.1, 0.15) is 6.33 Å². The molecule has 2 aromatic rings.